The minimum absolute atomic E-state index is 0.102. The van der Waals surface area contributed by atoms with E-state index in [1.165, 1.54) is 19.3 Å². The van der Waals surface area contributed by atoms with Crippen LogP contribution in [0.1, 0.15) is 46.5 Å². The van der Waals surface area contributed by atoms with Gasteiger partial charge in [0, 0.05) is 11.6 Å². The van der Waals surface area contributed by atoms with Gasteiger partial charge in [0.2, 0.25) is 5.78 Å². The van der Waals surface area contributed by atoms with Gasteiger partial charge in [-0.2, -0.15) is 0 Å². The highest BCUT2D eigenvalue weighted by molar-refractivity contribution is 6.19. The van der Waals surface area contributed by atoms with E-state index in [2.05, 4.69) is 0 Å². The number of methoxy groups -OCH3 is 1. The lowest BCUT2D eigenvalue weighted by Crippen LogP contribution is -2.17. The van der Waals surface area contributed by atoms with Gasteiger partial charge < -0.3 is 9.84 Å². The van der Waals surface area contributed by atoms with Gasteiger partial charge in [-0.1, -0.05) is 11.6 Å². The summed E-state index contributed by atoms with van der Waals surface area (Å²) in [5.41, 5.74) is 0.960. The van der Waals surface area contributed by atoms with Crippen molar-refractivity contribution in [2.24, 2.45) is 0 Å². The number of ketones is 2. The Hall–Kier alpha value is -1.68. The average Bonchev–Trinajstić information content (AvgIpc) is 2.37. The fraction of sp³-hybridized carbons (Fsp3) is 0.529. The molecule has 0 unspecified atom stereocenters. The lowest BCUT2D eigenvalue weighted by molar-refractivity contribution is -0.117. The molecule has 0 spiro atoms. The van der Waals surface area contributed by atoms with E-state index in [4.69, 9.17) is 4.74 Å². The van der Waals surface area contributed by atoms with E-state index >= 15 is 0 Å². The van der Waals surface area contributed by atoms with Crippen LogP contribution in [0.25, 0.3) is 0 Å². The van der Waals surface area contributed by atoms with Gasteiger partial charge in [-0.25, -0.2) is 0 Å². The summed E-state index contributed by atoms with van der Waals surface area (Å²) in [6, 6.07) is 0. The number of ether oxygens (including phenoxy) is 1. The Morgan fingerprint density at radius 3 is 2.57 bits per heavy atom. The molecule has 116 valence electrons. The molecule has 0 saturated carbocycles. The van der Waals surface area contributed by atoms with E-state index in [9.17, 15) is 14.7 Å². The Kier molecular flexibility index (Phi) is 6.09. The van der Waals surface area contributed by atoms with Crippen molar-refractivity contribution in [1.29, 1.82) is 0 Å². The van der Waals surface area contributed by atoms with Crippen LogP contribution in [0.2, 0.25) is 0 Å². The maximum Gasteiger partial charge on any atom is 0.224 e. The molecule has 0 aromatic rings. The number of aliphatic hydroxyl groups is 1. The SMILES string of the molecule is COC1=CC(=O)C=C(CC=C(C)CCCC(C)(C)O)C1=O. The fourth-order valence-corrected chi connectivity index (χ4v) is 2.12. The number of Topliss-reactive ketones (excluding diaryl/α,β-unsaturated/α-hetero) is 1. The first-order valence-electron chi connectivity index (χ1n) is 7.16. The van der Waals surface area contributed by atoms with Crippen LogP contribution in [0.15, 0.2) is 35.1 Å². The molecular formula is C17H24O4. The van der Waals surface area contributed by atoms with Crippen molar-refractivity contribution in [3.05, 3.63) is 35.1 Å². The number of carbonyl (C=O) groups is 2. The molecule has 4 nitrogen and oxygen atoms in total. The second kappa shape index (κ2) is 7.36. The lowest BCUT2D eigenvalue weighted by atomic mass is 9.96. The molecule has 0 aromatic heterocycles. The molecular weight excluding hydrogens is 268 g/mol. The van der Waals surface area contributed by atoms with Crippen LogP contribution in [0, 0.1) is 0 Å². The summed E-state index contributed by atoms with van der Waals surface area (Å²) in [6.07, 6.45) is 7.46. The number of allylic oxidation sites excluding steroid dienone is 5. The van der Waals surface area contributed by atoms with Gasteiger partial charge in [-0.3, -0.25) is 9.59 Å². The summed E-state index contributed by atoms with van der Waals surface area (Å²) in [7, 11) is 1.39. The standard InChI is InChI=1S/C17H24O4/c1-12(6-5-9-17(2,3)20)7-8-13-10-14(18)11-15(21-4)16(13)19/h7,10-11,20H,5-6,8-9H2,1-4H3. The van der Waals surface area contributed by atoms with Crippen molar-refractivity contribution in [2.75, 3.05) is 7.11 Å². The summed E-state index contributed by atoms with van der Waals surface area (Å²) < 4.78 is 4.91. The summed E-state index contributed by atoms with van der Waals surface area (Å²) >= 11 is 0. The number of hydrogen-bond donors (Lipinski definition) is 1. The van der Waals surface area contributed by atoms with E-state index in [1.54, 1.807) is 13.8 Å². The Morgan fingerprint density at radius 1 is 1.33 bits per heavy atom. The van der Waals surface area contributed by atoms with Crippen LogP contribution in [0.5, 0.6) is 0 Å². The van der Waals surface area contributed by atoms with Gasteiger partial charge in [0.15, 0.2) is 11.5 Å². The highest BCUT2D eigenvalue weighted by Gasteiger charge is 2.21. The minimum atomic E-state index is -0.646. The van der Waals surface area contributed by atoms with Crippen LogP contribution >= 0.6 is 0 Å². The topological polar surface area (TPSA) is 63.6 Å². The predicted molar refractivity (Wildman–Crippen MR) is 81.7 cm³/mol. The first-order valence-corrected chi connectivity index (χ1v) is 7.16. The molecule has 0 saturated heterocycles. The molecule has 0 bridgehead atoms. The zero-order valence-corrected chi connectivity index (χ0v) is 13.2. The Labute approximate surface area is 126 Å². The maximum absolute atomic E-state index is 12.0. The quantitative estimate of drug-likeness (QED) is 0.579. The molecule has 1 N–H and O–H groups in total. The molecule has 4 heteroatoms. The summed E-state index contributed by atoms with van der Waals surface area (Å²) in [6.45, 7) is 5.58. The molecule has 0 fully saturated rings. The molecule has 21 heavy (non-hydrogen) atoms. The van der Waals surface area contributed by atoms with Gasteiger partial charge in [0.05, 0.1) is 12.7 Å². The first kappa shape index (κ1) is 17.4. The zero-order valence-electron chi connectivity index (χ0n) is 13.2. The third-order valence-electron chi connectivity index (χ3n) is 3.36. The number of carbonyl (C=O) groups excluding carboxylic acids is 2. The smallest absolute Gasteiger partial charge is 0.224 e. The van der Waals surface area contributed by atoms with Crippen LogP contribution in [-0.2, 0) is 14.3 Å². The molecule has 1 aliphatic rings. The zero-order chi connectivity index (χ0) is 16.0. The van der Waals surface area contributed by atoms with Crippen LogP contribution in [0.3, 0.4) is 0 Å². The Balaban J connectivity index is 2.55. The molecule has 1 rings (SSSR count). The third-order valence-corrected chi connectivity index (χ3v) is 3.36. The molecule has 0 atom stereocenters. The van der Waals surface area contributed by atoms with Crippen molar-refractivity contribution in [1.82, 2.24) is 0 Å². The molecule has 0 heterocycles. The highest BCUT2D eigenvalue weighted by atomic mass is 16.5. The van der Waals surface area contributed by atoms with Crippen molar-refractivity contribution < 1.29 is 19.4 Å². The van der Waals surface area contributed by atoms with Gasteiger partial charge in [0.1, 0.15) is 0 Å². The molecule has 0 aromatic carbocycles. The van der Waals surface area contributed by atoms with E-state index in [0.29, 0.717) is 12.0 Å². The van der Waals surface area contributed by atoms with Gasteiger partial charge in [-0.05, 0) is 52.5 Å². The van der Waals surface area contributed by atoms with Crippen molar-refractivity contribution in [3.8, 4) is 0 Å². The van der Waals surface area contributed by atoms with Crippen molar-refractivity contribution in [2.45, 2.75) is 52.1 Å². The predicted octanol–water partition coefficient (Wildman–Crippen LogP) is 2.87. The van der Waals surface area contributed by atoms with E-state index < -0.39 is 5.60 Å². The Bertz CT molecular complexity index is 501. The Morgan fingerprint density at radius 2 is 2.00 bits per heavy atom. The van der Waals surface area contributed by atoms with Gasteiger partial charge >= 0.3 is 0 Å². The lowest BCUT2D eigenvalue weighted by Gasteiger charge is -2.16. The molecule has 1 aliphatic carbocycles. The second-order valence-electron chi connectivity index (χ2n) is 6.03. The normalized spacial score (nSPS) is 16.7. The maximum atomic E-state index is 12.0. The summed E-state index contributed by atoms with van der Waals surface area (Å²) in [4.78, 5) is 23.5. The molecule has 0 amide bonds. The van der Waals surface area contributed by atoms with Crippen LogP contribution in [0.4, 0.5) is 0 Å². The van der Waals surface area contributed by atoms with Crippen molar-refractivity contribution >= 4 is 11.6 Å². The van der Waals surface area contributed by atoms with Crippen molar-refractivity contribution in [3.63, 3.8) is 0 Å². The van der Waals surface area contributed by atoms with Gasteiger partial charge in [0.25, 0.3) is 0 Å². The summed E-state index contributed by atoms with van der Waals surface area (Å²) in [5.74, 6) is -0.335. The van der Waals surface area contributed by atoms with E-state index in [-0.39, 0.29) is 17.3 Å². The average molecular weight is 292 g/mol. The number of rotatable bonds is 7. The van der Waals surface area contributed by atoms with Crippen LogP contribution in [-0.4, -0.2) is 29.4 Å². The third kappa shape index (κ3) is 6.08. The highest BCUT2D eigenvalue weighted by Crippen LogP contribution is 2.20. The molecule has 0 radical (unpaired) electrons. The second-order valence-corrected chi connectivity index (χ2v) is 6.03. The minimum Gasteiger partial charge on any atom is -0.493 e. The number of hydrogen-bond acceptors (Lipinski definition) is 4. The monoisotopic (exact) mass is 292 g/mol. The largest absolute Gasteiger partial charge is 0.493 e. The van der Waals surface area contributed by atoms with E-state index in [1.807, 2.05) is 13.0 Å². The molecule has 0 aliphatic heterocycles. The van der Waals surface area contributed by atoms with E-state index in [0.717, 1.165) is 24.8 Å². The first-order chi connectivity index (χ1) is 9.73. The van der Waals surface area contributed by atoms with Crippen LogP contribution < -0.4 is 0 Å². The fourth-order valence-electron chi connectivity index (χ4n) is 2.12. The van der Waals surface area contributed by atoms with Gasteiger partial charge in [-0.15, -0.1) is 0 Å². The summed E-state index contributed by atoms with van der Waals surface area (Å²) in [5, 5.41) is 9.65.